The van der Waals surface area contributed by atoms with Gasteiger partial charge < -0.3 is 9.13 Å². The molecule has 296 valence electrons. The van der Waals surface area contributed by atoms with Gasteiger partial charge in [0.2, 0.25) is 0 Å². The normalized spacial score (nSPS) is 11.8. The number of aromatic nitrogens is 2. The molecule has 0 atom stereocenters. The molecule has 0 saturated carbocycles. The van der Waals surface area contributed by atoms with Gasteiger partial charge >= 0.3 is 0 Å². The molecule has 2 nitrogen and oxygen atoms in total. The third kappa shape index (κ3) is 5.85. The minimum Gasteiger partial charge on any atom is -0.309 e. The van der Waals surface area contributed by atoms with Crippen LogP contribution in [0.4, 0.5) is 0 Å². The summed E-state index contributed by atoms with van der Waals surface area (Å²) in [4.78, 5) is 0. The van der Waals surface area contributed by atoms with E-state index in [0.29, 0.717) is 0 Å². The van der Waals surface area contributed by atoms with Crippen molar-refractivity contribution >= 4 is 72.4 Å². The van der Waals surface area contributed by atoms with Gasteiger partial charge in [-0.1, -0.05) is 218 Å². The summed E-state index contributed by atoms with van der Waals surface area (Å²) < 4.78 is 5.01. The summed E-state index contributed by atoms with van der Waals surface area (Å²) in [7, 11) is -2.80. The molecule has 0 N–H and O–H groups in total. The maximum atomic E-state index is 2.52. The number of benzene rings is 10. The lowest BCUT2D eigenvalue weighted by Gasteiger charge is -2.34. The quantitative estimate of drug-likeness (QED) is 0.107. The summed E-state index contributed by atoms with van der Waals surface area (Å²) in [6.45, 7) is 0. The van der Waals surface area contributed by atoms with Gasteiger partial charge in [0.1, 0.15) is 0 Å². The molecule has 0 saturated heterocycles. The van der Waals surface area contributed by atoms with Gasteiger partial charge in [0, 0.05) is 32.8 Å². The Hall–Kier alpha value is -7.98. The number of nitrogens with zero attached hydrogens (tertiary/aromatic N) is 2. The van der Waals surface area contributed by atoms with Gasteiger partial charge in [-0.2, -0.15) is 0 Å². The van der Waals surface area contributed by atoms with E-state index in [1.54, 1.807) is 0 Å². The number of rotatable bonds is 8. The fourth-order valence-corrected chi connectivity index (χ4v) is 15.2. The minimum absolute atomic E-state index is 1.13. The molecule has 0 radical (unpaired) electrons. The van der Waals surface area contributed by atoms with E-state index in [4.69, 9.17) is 0 Å². The average molecular weight is 819 g/mol. The average Bonchev–Trinajstić information content (AvgIpc) is 3.87. The van der Waals surface area contributed by atoms with Crippen molar-refractivity contribution in [1.29, 1.82) is 0 Å². The zero-order valence-corrected chi connectivity index (χ0v) is 35.6. The fourth-order valence-electron chi connectivity index (χ4n) is 10.4. The highest BCUT2D eigenvalue weighted by Crippen LogP contribution is 2.42. The van der Waals surface area contributed by atoms with Gasteiger partial charge in [-0.05, 0) is 73.8 Å². The van der Waals surface area contributed by atoms with Crippen molar-refractivity contribution in [3.05, 3.63) is 255 Å². The highest BCUT2D eigenvalue weighted by atomic mass is 28.3. The SMILES string of the molecule is c1ccc(-c2cccc(-n3c4ccccc4c4ccc(-n5c6ccccc6c6ccc([Si](c7ccccc7)(c7ccccc7)c7ccccc7)cc65)cc43)c2-c2ccccc2)cc1. The zero-order chi connectivity index (χ0) is 41.7. The van der Waals surface area contributed by atoms with Crippen molar-refractivity contribution < 1.29 is 0 Å². The first-order chi connectivity index (χ1) is 31.3. The highest BCUT2D eigenvalue weighted by Gasteiger charge is 2.41. The molecule has 12 rings (SSSR count). The molecule has 63 heavy (non-hydrogen) atoms. The number of hydrogen-bond donors (Lipinski definition) is 0. The van der Waals surface area contributed by atoms with Crippen LogP contribution in [-0.4, -0.2) is 17.2 Å². The lowest BCUT2D eigenvalue weighted by Crippen LogP contribution is -2.74. The predicted molar refractivity (Wildman–Crippen MR) is 270 cm³/mol. The van der Waals surface area contributed by atoms with Gasteiger partial charge in [-0.3, -0.25) is 0 Å². The van der Waals surface area contributed by atoms with Crippen LogP contribution < -0.4 is 20.7 Å². The van der Waals surface area contributed by atoms with Crippen LogP contribution in [0.1, 0.15) is 0 Å². The van der Waals surface area contributed by atoms with Crippen molar-refractivity contribution in [1.82, 2.24) is 9.13 Å². The number of hydrogen-bond acceptors (Lipinski definition) is 0. The van der Waals surface area contributed by atoms with Gasteiger partial charge in [0.05, 0.1) is 27.8 Å². The molecule has 0 amide bonds. The van der Waals surface area contributed by atoms with E-state index in [1.807, 2.05) is 0 Å². The Labute approximate surface area is 368 Å². The summed E-state index contributed by atoms with van der Waals surface area (Å²) in [6, 6.07) is 94.3. The van der Waals surface area contributed by atoms with Crippen LogP contribution in [0, 0.1) is 0 Å². The molecular formula is C60H42N2Si. The molecule has 0 spiro atoms. The van der Waals surface area contributed by atoms with Crippen molar-refractivity contribution in [3.8, 4) is 33.6 Å². The van der Waals surface area contributed by atoms with Crippen molar-refractivity contribution in [3.63, 3.8) is 0 Å². The lowest BCUT2D eigenvalue weighted by atomic mass is 9.93. The molecule has 3 heteroatoms. The van der Waals surface area contributed by atoms with E-state index >= 15 is 0 Å². The van der Waals surface area contributed by atoms with Crippen LogP contribution in [0.2, 0.25) is 0 Å². The maximum Gasteiger partial charge on any atom is 0.179 e. The predicted octanol–water partition coefficient (Wildman–Crippen LogP) is 12.6. The smallest absolute Gasteiger partial charge is 0.179 e. The van der Waals surface area contributed by atoms with E-state index in [9.17, 15) is 0 Å². The zero-order valence-electron chi connectivity index (χ0n) is 34.6. The first kappa shape index (κ1) is 36.8. The number of fused-ring (bicyclic) bond motifs is 6. The van der Waals surface area contributed by atoms with E-state index in [-0.39, 0.29) is 0 Å². The lowest BCUT2D eigenvalue weighted by molar-refractivity contribution is 1.16. The van der Waals surface area contributed by atoms with Gasteiger partial charge in [-0.25, -0.2) is 0 Å². The maximum absolute atomic E-state index is 2.80. The third-order valence-electron chi connectivity index (χ3n) is 13.1. The second-order valence-electron chi connectivity index (χ2n) is 16.4. The van der Waals surface area contributed by atoms with Crippen molar-refractivity contribution in [2.24, 2.45) is 0 Å². The highest BCUT2D eigenvalue weighted by molar-refractivity contribution is 7.20. The third-order valence-corrected chi connectivity index (χ3v) is 17.8. The topological polar surface area (TPSA) is 9.86 Å². The molecule has 0 aliphatic heterocycles. The standard InChI is InChI=1S/C60H42N2Si/c1-6-21-43(22-7-1)50-33-20-36-57(60(50)44-23-8-2-9-24-44)62-56-35-19-17-32-52(56)53-39-37-45(41-58(53)62)61-55-34-18-16-31-51(55)54-40-38-49(42-59(54)61)63(46-25-10-3-11-26-46,47-27-12-4-13-28-47)48-29-14-5-15-30-48/h1-42H. The summed E-state index contributed by atoms with van der Waals surface area (Å²) >= 11 is 0. The van der Waals surface area contributed by atoms with E-state index in [1.165, 1.54) is 86.6 Å². The summed E-state index contributed by atoms with van der Waals surface area (Å²) in [5.74, 6) is 0. The molecule has 10 aromatic carbocycles. The fraction of sp³-hybridized carbons (Fsp3) is 0. The monoisotopic (exact) mass is 818 g/mol. The second-order valence-corrected chi connectivity index (χ2v) is 20.2. The van der Waals surface area contributed by atoms with Crippen LogP contribution >= 0.6 is 0 Å². The van der Waals surface area contributed by atoms with E-state index < -0.39 is 8.07 Å². The Morgan fingerprint density at radius 1 is 0.270 bits per heavy atom. The van der Waals surface area contributed by atoms with Crippen LogP contribution in [0.25, 0.3) is 77.2 Å². The Kier molecular flexibility index (Phi) is 8.87. The van der Waals surface area contributed by atoms with Crippen molar-refractivity contribution in [2.75, 3.05) is 0 Å². The molecular weight excluding hydrogens is 777 g/mol. The van der Waals surface area contributed by atoms with Crippen LogP contribution in [-0.2, 0) is 0 Å². The van der Waals surface area contributed by atoms with Gasteiger partial charge in [0.25, 0.3) is 0 Å². The molecule has 12 aromatic rings. The van der Waals surface area contributed by atoms with Gasteiger partial charge in [-0.15, -0.1) is 0 Å². The Bertz CT molecular complexity index is 3500. The molecule has 2 aromatic heterocycles. The molecule has 0 bridgehead atoms. The molecule has 0 fully saturated rings. The first-order valence-corrected chi connectivity index (χ1v) is 23.8. The molecule has 0 aliphatic rings. The minimum atomic E-state index is -2.80. The molecule has 0 unspecified atom stereocenters. The Balaban J connectivity index is 1.16. The number of para-hydroxylation sites is 2. The summed E-state index contributed by atoms with van der Waals surface area (Å²) in [5, 5.41) is 10.4. The Morgan fingerprint density at radius 3 is 1.29 bits per heavy atom. The molecule has 0 aliphatic carbocycles. The largest absolute Gasteiger partial charge is 0.309 e. The van der Waals surface area contributed by atoms with E-state index in [2.05, 4.69) is 264 Å². The van der Waals surface area contributed by atoms with Crippen LogP contribution in [0.5, 0.6) is 0 Å². The molecule has 2 heterocycles. The first-order valence-electron chi connectivity index (χ1n) is 21.8. The Morgan fingerprint density at radius 2 is 0.714 bits per heavy atom. The van der Waals surface area contributed by atoms with Gasteiger partial charge in [0.15, 0.2) is 8.07 Å². The van der Waals surface area contributed by atoms with Crippen LogP contribution in [0.15, 0.2) is 255 Å². The summed E-state index contributed by atoms with van der Waals surface area (Å²) in [5.41, 5.74) is 11.8. The van der Waals surface area contributed by atoms with E-state index in [0.717, 1.165) is 11.4 Å². The van der Waals surface area contributed by atoms with Crippen molar-refractivity contribution in [2.45, 2.75) is 0 Å². The van der Waals surface area contributed by atoms with Crippen LogP contribution in [0.3, 0.4) is 0 Å². The summed E-state index contributed by atoms with van der Waals surface area (Å²) in [6.07, 6.45) is 0. The second kappa shape index (κ2) is 15.2.